The molecule has 3 heteroatoms. The largest absolute Gasteiger partial charge is 0.385 e. The second kappa shape index (κ2) is 8.66. The van der Waals surface area contributed by atoms with Crippen molar-refractivity contribution in [3.8, 4) is 11.8 Å². The third-order valence-corrected chi connectivity index (χ3v) is 3.08. The minimum absolute atomic E-state index is 0.0707. The van der Waals surface area contributed by atoms with E-state index in [1.807, 2.05) is 42.5 Å². The van der Waals surface area contributed by atoms with Crippen molar-refractivity contribution >= 4 is 5.91 Å². The van der Waals surface area contributed by atoms with Gasteiger partial charge in [-0.1, -0.05) is 30.0 Å². The molecule has 2 aromatic carbocycles. The van der Waals surface area contributed by atoms with Gasteiger partial charge in [-0.15, -0.1) is 0 Å². The maximum atomic E-state index is 11.9. The van der Waals surface area contributed by atoms with Gasteiger partial charge in [-0.2, -0.15) is 0 Å². The zero-order valence-corrected chi connectivity index (χ0v) is 12.6. The van der Waals surface area contributed by atoms with Crippen molar-refractivity contribution in [2.45, 2.75) is 6.42 Å². The fourth-order valence-electron chi connectivity index (χ4n) is 1.89. The molecule has 0 unspecified atom stereocenters. The summed E-state index contributed by atoms with van der Waals surface area (Å²) in [5.74, 6) is 6.11. The highest BCUT2D eigenvalue weighted by molar-refractivity contribution is 5.94. The van der Waals surface area contributed by atoms with Crippen LogP contribution in [0.5, 0.6) is 0 Å². The molecule has 0 saturated carbocycles. The van der Waals surface area contributed by atoms with Crippen LogP contribution in [-0.2, 0) is 4.74 Å². The number of hydrogen-bond donors (Lipinski definition) is 1. The van der Waals surface area contributed by atoms with Gasteiger partial charge in [0.2, 0.25) is 0 Å². The first-order valence-corrected chi connectivity index (χ1v) is 7.24. The average molecular weight is 293 g/mol. The van der Waals surface area contributed by atoms with Crippen molar-refractivity contribution in [1.82, 2.24) is 5.32 Å². The first kappa shape index (κ1) is 15.8. The number of rotatable bonds is 5. The van der Waals surface area contributed by atoms with Crippen molar-refractivity contribution in [1.29, 1.82) is 0 Å². The van der Waals surface area contributed by atoms with Crippen molar-refractivity contribution in [2.75, 3.05) is 20.3 Å². The minimum Gasteiger partial charge on any atom is -0.385 e. The Hall–Kier alpha value is -2.57. The number of carbonyl (C=O) groups excluding carboxylic acids is 1. The van der Waals surface area contributed by atoms with Gasteiger partial charge in [0.1, 0.15) is 0 Å². The Morgan fingerprint density at radius 2 is 1.64 bits per heavy atom. The molecule has 0 atom stereocenters. The lowest BCUT2D eigenvalue weighted by Crippen LogP contribution is -2.25. The van der Waals surface area contributed by atoms with Crippen LogP contribution in [-0.4, -0.2) is 26.2 Å². The number of amides is 1. The van der Waals surface area contributed by atoms with Crippen LogP contribution in [0.15, 0.2) is 54.6 Å². The number of carbonyl (C=O) groups is 1. The van der Waals surface area contributed by atoms with Crippen LogP contribution >= 0.6 is 0 Å². The molecule has 0 fully saturated rings. The van der Waals surface area contributed by atoms with E-state index in [1.54, 1.807) is 19.2 Å². The quantitative estimate of drug-likeness (QED) is 0.680. The monoisotopic (exact) mass is 293 g/mol. The summed E-state index contributed by atoms with van der Waals surface area (Å²) in [4.78, 5) is 11.9. The van der Waals surface area contributed by atoms with E-state index in [2.05, 4.69) is 17.2 Å². The summed E-state index contributed by atoms with van der Waals surface area (Å²) in [5, 5.41) is 2.86. The summed E-state index contributed by atoms with van der Waals surface area (Å²) in [7, 11) is 1.65. The highest BCUT2D eigenvalue weighted by Gasteiger charge is 2.03. The molecule has 1 amide bonds. The van der Waals surface area contributed by atoms with Gasteiger partial charge in [0.15, 0.2) is 0 Å². The Balaban J connectivity index is 1.93. The van der Waals surface area contributed by atoms with E-state index in [1.165, 1.54) is 0 Å². The van der Waals surface area contributed by atoms with Gasteiger partial charge < -0.3 is 10.1 Å². The van der Waals surface area contributed by atoms with E-state index in [-0.39, 0.29) is 5.91 Å². The summed E-state index contributed by atoms with van der Waals surface area (Å²) in [6.07, 6.45) is 0.808. The van der Waals surface area contributed by atoms with Crippen LogP contribution in [0.3, 0.4) is 0 Å². The lowest BCUT2D eigenvalue weighted by Gasteiger charge is -2.04. The lowest BCUT2D eigenvalue weighted by molar-refractivity contribution is 0.0948. The maximum absolute atomic E-state index is 11.9. The first-order valence-electron chi connectivity index (χ1n) is 7.24. The molecule has 2 rings (SSSR count). The van der Waals surface area contributed by atoms with E-state index < -0.39 is 0 Å². The molecule has 112 valence electrons. The second-order valence-corrected chi connectivity index (χ2v) is 4.80. The van der Waals surface area contributed by atoms with Crippen molar-refractivity contribution in [3.63, 3.8) is 0 Å². The van der Waals surface area contributed by atoms with Crippen LogP contribution < -0.4 is 5.32 Å². The summed E-state index contributed by atoms with van der Waals surface area (Å²) in [6.45, 7) is 1.26. The molecule has 1 N–H and O–H groups in total. The first-order chi connectivity index (χ1) is 10.8. The summed E-state index contributed by atoms with van der Waals surface area (Å²) in [6, 6.07) is 17.1. The minimum atomic E-state index is -0.0707. The second-order valence-electron chi connectivity index (χ2n) is 4.80. The molecule has 3 nitrogen and oxygen atoms in total. The van der Waals surface area contributed by atoms with Crippen LogP contribution in [0, 0.1) is 11.8 Å². The zero-order valence-electron chi connectivity index (χ0n) is 12.6. The van der Waals surface area contributed by atoms with Gasteiger partial charge in [-0.25, -0.2) is 0 Å². The number of methoxy groups -OCH3 is 1. The number of hydrogen-bond acceptors (Lipinski definition) is 2. The Morgan fingerprint density at radius 3 is 2.27 bits per heavy atom. The third kappa shape index (κ3) is 5.08. The molecule has 2 aromatic rings. The van der Waals surface area contributed by atoms with Gasteiger partial charge in [-0.05, 0) is 42.8 Å². The maximum Gasteiger partial charge on any atom is 0.251 e. The van der Waals surface area contributed by atoms with Crippen LogP contribution in [0.2, 0.25) is 0 Å². The van der Waals surface area contributed by atoms with Crippen LogP contribution in [0.4, 0.5) is 0 Å². The Morgan fingerprint density at radius 1 is 1.00 bits per heavy atom. The molecule has 0 saturated heterocycles. The number of benzene rings is 2. The zero-order chi connectivity index (χ0) is 15.6. The summed E-state index contributed by atoms with van der Waals surface area (Å²) >= 11 is 0. The Bertz CT molecular complexity index is 651. The van der Waals surface area contributed by atoms with Crippen molar-refractivity contribution in [3.05, 3.63) is 71.3 Å². The van der Waals surface area contributed by atoms with E-state index in [4.69, 9.17) is 4.74 Å². The summed E-state index contributed by atoms with van der Waals surface area (Å²) < 4.78 is 4.94. The fourth-order valence-corrected chi connectivity index (χ4v) is 1.89. The lowest BCUT2D eigenvalue weighted by atomic mass is 10.1. The molecule has 22 heavy (non-hydrogen) atoms. The molecular formula is C19H19NO2. The molecule has 0 aliphatic rings. The smallest absolute Gasteiger partial charge is 0.251 e. The van der Waals surface area contributed by atoms with E-state index in [9.17, 15) is 4.79 Å². The molecule has 0 aromatic heterocycles. The van der Waals surface area contributed by atoms with Crippen molar-refractivity contribution < 1.29 is 9.53 Å². The van der Waals surface area contributed by atoms with Crippen molar-refractivity contribution in [2.24, 2.45) is 0 Å². The van der Waals surface area contributed by atoms with Gasteiger partial charge in [0.25, 0.3) is 5.91 Å². The fraction of sp³-hybridized carbons (Fsp3) is 0.211. The molecule has 0 aliphatic heterocycles. The molecule has 0 radical (unpaired) electrons. The van der Waals surface area contributed by atoms with Gasteiger partial charge in [-0.3, -0.25) is 4.79 Å². The van der Waals surface area contributed by atoms with Gasteiger partial charge in [0, 0.05) is 37.0 Å². The number of ether oxygens (including phenoxy) is 1. The predicted octanol–water partition coefficient (Wildman–Crippen LogP) is 2.85. The van der Waals surface area contributed by atoms with Crippen LogP contribution in [0.1, 0.15) is 27.9 Å². The normalized spacial score (nSPS) is 9.68. The Labute approximate surface area is 131 Å². The molecule has 0 aliphatic carbocycles. The van der Waals surface area contributed by atoms with E-state index in [0.717, 1.165) is 17.5 Å². The van der Waals surface area contributed by atoms with Crippen LogP contribution in [0.25, 0.3) is 0 Å². The Kier molecular flexibility index (Phi) is 6.22. The molecule has 0 heterocycles. The van der Waals surface area contributed by atoms with E-state index in [0.29, 0.717) is 18.7 Å². The topological polar surface area (TPSA) is 38.3 Å². The predicted molar refractivity (Wildman–Crippen MR) is 87.7 cm³/mol. The molecule has 0 bridgehead atoms. The third-order valence-electron chi connectivity index (χ3n) is 3.08. The van der Waals surface area contributed by atoms with Gasteiger partial charge >= 0.3 is 0 Å². The van der Waals surface area contributed by atoms with E-state index >= 15 is 0 Å². The molecular weight excluding hydrogens is 274 g/mol. The average Bonchev–Trinajstić information content (AvgIpc) is 2.58. The SMILES string of the molecule is COCCCNC(=O)c1ccc(C#Cc2ccccc2)cc1. The molecule has 0 spiro atoms. The highest BCUT2D eigenvalue weighted by Crippen LogP contribution is 2.04. The number of nitrogens with one attached hydrogen (secondary N) is 1. The standard InChI is InChI=1S/C19H19NO2/c1-22-15-5-14-20-19(21)18-12-10-17(11-13-18)9-8-16-6-3-2-4-7-16/h2-4,6-7,10-13H,5,14-15H2,1H3,(H,20,21). The highest BCUT2D eigenvalue weighted by atomic mass is 16.5. The van der Waals surface area contributed by atoms with Gasteiger partial charge in [0.05, 0.1) is 0 Å². The summed E-state index contributed by atoms with van der Waals surface area (Å²) in [5.41, 5.74) is 2.50.